The minimum absolute atomic E-state index is 0.605. The van der Waals surface area contributed by atoms with Crippen LogP contribution in [0.2, 0.25) is 0 Å². The lowest BCUT2D eigenvalue weighted by molar-refractivity contribution is 0.669. The van der Waals surface area contributed by atoms with Gasteiger partial charge >= 0.3 is 0 Å². The molecule has 4 heteroatoms. The van der Waals surface area contributed by atoms with E-state index in [0.717, 1.165) is 55.1 Å². The summed E-state index contributed by atoms with van der Waals surface area (Å²) in [6.07, 6.45) is 0. The Kier molecular flexibility index (Phi) is 5.78. The van der Waals surface area contributed by atoms with Crippen molar-refractivity contribution >= 4 is 43.5 Å². The summed E-state index contributed by atoms with van der Waals surface area (Å²) in [6, 6.07) is 52.2. The number of nitrogens with zero attached hydrogens (tertiary/aromatic N) is 3. The van der Waals surface area contributed by atoms with Crippen LogP contribution >= 0.6 is 0 Å². The Bertz CT molecular complexity index is 2540. The van der Waals surface area contributed by atoms with E-state index in [9.17, 15) is 0 Å². The zero-order valence-corrected chi connectivity index (χ0v) is 24.2. The summed E-state index contributed by atoms with van der Waals surface area (Å²) in [5.41, 5.74) is 6.65. The lowest BCUT2D eigenvalue weighted by Gasteiger charge is -2.11. The van der Waals surface area contributed by atoms with Crippen LogP contribution in [0.5, 0.6) is 0 Å². The Labute approximate surface area is 259 Å². The van der Waals surface area contributed by atoms with Gasteiger partial charge in [-0.3, -0.25) is 0 Å². The number of fused-ring (bicyclic) bond motifs is 6. The van der Waals surface area contributed by atoms with Crippen molar-refractivity contribution in [2.24, 2.45) is 0 Å². The monoisotopic (exact) mass is 575 g/mol. The van der Waals surface area contributed by atoms with Gasteiger partial charge in [0.05, 0.1) is 0 Å². The fraction of sp³-hybridized carbons (Fsp3) is 0. The van der Waals surface area contributed by atoms with Gasteiger partial charge < -0.3 is 4.42 Å². The first kappa shape index (κ1) is 25.4. The van der Waals surface area contributed by atoms with Crippen molar-refractivity contribution in [3.63, 3.8) is 0 Å². The molecule has 0 N–H and O–H groups in total. The van der Waals surface area contributed by atoms with Gasteiger partial charge in [-0.05, 0) is 50.9 Å². The first-order valence-electron chi connectivity index (χ1n) is 15.0. The molecule has 2 aromatic heterocycles. The molecule has 0 aliphatic heterocycles. The van der Waals surface area contributed by atoms with E-state index in [1.807, 2.05) is 60.7 Å². The van der Waals surface area contributed by atoms with Crippen LogP contribution in [0.1, 0.15) is 0 Å². The highest BCUT2D eigenvalue weighted by Gasteiger charge is 2.20. The van der Waals surface area contributed by atoms with Crippen molar-refractivity contribution in [3.05, 3.63) is 152 Å². The van der Waals surface area contributed by atoms with E-state index in [1.165, 1.54) is 16.2 Å². The Morgan fingerprint density at radius 1 is 0.356 bits per heavy atom. The van der Waals surface area contributed by atoms with Crippen molar-refractivity contribution in [2.45, 2.75) is 0 Å². The topological polar surface area (TPSA) is 51.8 Å². The van der Waals surface area contributed by atoms with E-state index >= 15 is 0 Å². The fourth-order valence-corrected chi connectivity index (χ4v) is 6.41. The number of hydrogen-bond acceptors (Lipinski definition) is 4. The van der Waals surface area contributed by atoms with Gasteiger partial charge in [-0.1, -0.05) is 133 Å². The molecule has 210 valence electrons. The molecule has 0 atom stereocenters. The highest BCUT2D eigenvalue weighted by molar-refractivity contribution is 6.17. The molecule has 0 amide bonds. The normalized spacial score (nSPS) is 11.6. The second kappa shape index (κ2) is 10.2. The predicted octanol–water partition coefficient (Wildman–Crippen LogP) is 10.7. The van der Waals surface area contributed by atoms with Crippen molar-refractivity contribution in [2.75, 3.05) is 0 Å². The molecule has 0 aliphatic rings. The Hall–Kier alpha value is -6.13. The Balaban J connectivity index is 1.30. The molecular formula is C41H25N3O. The van der Waals surface area contributed by atoms with Gasteiger partial charge in [-0.2, -0.15) is 0 Å². The van der Waals surface area contributed by atoms with Crippen molar-refractivity contribution in [3.8, 4) is 45.3 Å². The molecule has 9 aromatic rings. The van der Waals surface area contributed by atoms with E-state index in [4.69, 9.17) is 19.4 Å². The maximum Gasteiger partial charge on any atom is 0.164 e. The smallest absolute Gasteiger partial charge is 0.164 e. The van der Waals surface area contributed by atoms with Gasteiger partial charge in [0, 0.05) is 27.5 Å². The summed E-state index contributed by atoms with van der Waals surface area (Å²) in [5, 5.41) is 6.85. The van der Waals surface area contributed by atoms with Gasteiger partial charge in [-0.25, -0.2) is 15.0 Å². The third kappa shape index (κ3) is 4.27. The first-order valence-corrected chi connectivity index (χ1v) is 15.0. The first-order chi connectivity index (χ1) is 22.3. The second-order valence-electron chi connectivity index (χ2n) is 11.2. The lowest BCUT2D eigenvalue weighted by Crippen LogP contribution is -2.00. The summed E-state index contributed by atoms with van der Waals surface area (Å²) < 4.78 is 6.42. The van der Waals surface area contributed by atoms with Crippen LogP contribution in [-0.2, 0) is 0 Å². The summed E-state index contributed by atoms with van der Waals surface area (Å²) >= 11 is 0. The highest BCUT2D eigenvalue weighted by atomic mass is 16.3. The van der Waals surface area contributed by atoms with Crippen LogP contribution in [0.3, 0.4) is 0 Å². The van der Waals surface area contributed by atoms with Crippen molar-refractivity contribution < 1.29 is 4.42 Å². The highest BCUT2D eigenvalue weighted by Crippen LogP contribution is 2.41. The molecule has 2 heterocycles. The average Bonchev–Trinajstić information content (AvgIpc) is 3.51. The maximum absolute atomic E-state index is 6.42. The molecule has 0 aliphatic carbocycles. The quantitative estimate of drug-likeness (QED) is 0.196. The van der Waals surface area contributed by atoms with E-state index in [-0.39, 0.29) is 0 Å². The van der Waals surface area contributed by atoms with Crippen LogP contribution < -0.4 is 0 Å². The van der Waals surface area contributed by atoms with E-state index in [1.54, 1.807) is 0 Å². The molecule has 7 aromatic carbocycles. The largest absolute Gasteiger partial charge is 0.456 e. The number of aromatic nitrogens is 3. The molecule has 0 unspecified atom stereocenters. The minimum atomic E-state index is 0.605. The molecular weight excluding hydrogens is 550 g/mol. The molecule has 9 rings (SSSR count). The summed E-state index contributed by atoms with van der Waals surface area (Å²) in [6.45, 7) is 0. The number of rotatable bonds is 4. The summed E-state index contributed by atoms with van der Waals surface area (Å²) in [4.78, 5) is 15.2. The predicted molar refractivity (Wildman–Crippen MR) is 184 cm³/mol. The number of furan rings is 1. The number of benzene rings is 7. The molecule has 45 heavy (non-hydrogen) atoms. The van der Waals surface area contributed by atoms with Crippen LogP contribution in [0.25, 0.3) is 88.8 Å². The molecule has 0 spiro atoms. The summed E-state index contributed by atoms with van der Waals surface area (Å²) in [5.74, 6) is 1.86. The van der Waals surface area contributed by atoms with Gasteiger partial charge in [0.2, 0.25) is 0 Å². The molecule has 0 saturated carbocycles. The van der Waals surface area contributed by atoms with E-state index in [2.05, 4.69) is 91.0 Å². The minimum Gasteiger partial charge on any atom is -0.456 e. The van der Waals surface area contributed by atoms with Gasteiger partial charge in [0.25, 0.3) is 0 Å². The van der Waals surface area contributed by atoms with Crippen LogP contribution in [-0.4, -0.2) is 15.0 Å². The van der Waals surface area contributed by atoms with Crippen LogP contribution in [0.4, 0.5) is 0 Å². The van der Waals surface area contributed by atoms with Crippen molar-refractivity contribution in [1.82, 2.24) is 15.0 Å². The van der Waals surface area contributed by atoms with E-state index < -0.39 is 0 Å². The van der Waals surface area contributed by atoms with Crippen molar-refractivity contribution in [1.29, 1.82) is 0 Å². The molecule has 0 radical (unpaired) electrons. The van der Waals surface area contributed by atoms with E-state index in [0.29, 0.717) is 17.5 Å². The van der Waals surface area contributed by atoms with Gasteiger partial charge in [-0.15, -0.1) is 0 Å². The zero-order valence-electron chi connectivity index (χ0n) is 24.2. The van der Waals surface area contributed by atoms with Gasteiger partial charge in [0.1, 0.15) is 11.2 Å². The Morgan fingerprint density at radius 2 is 0.933 bits per heavy atom. The molecule has 0 fully saturated rings. The third-order valence-electron chi connectivity index (χ3n) is 8.52. The molecule has 0 saturated heterocycles. The maximum atomic E-state index is 6.42. The lowest BCUT2D eigenvalue weighted by atomic mass is 9.97. The fourth-order valence-electron chi connectivity index (χ4n) is 6.41. The number of hydrogen-bond donors (Lipinski definition) is 0. The third-order valence-corrected chi connectivity index (χ3v) is 8.52. The SMILES string of the molecule is c1ccc(-c2nc(-c3ccc4c(ccc5ccccc54)c3)nc(-c3cccc4oc5cccc(-c6ccccc6)c5c34)n2)cc1. The standard InChI is InChI=1S/C41H25N3O/c1-3-11-26(12-4-1)33-17-9-19-35-37(33)38-34(18-10-20-36(38)45-35)41-43-39(28-14-5-2-6-15-28)42-40(44-41)30-23-24-32-29(25-30)22-21-27-13-7-8-16-31(27)32/h1-25H. The Morgan fingerprint density at radius 3 is 1.71 bits per heavy atom. The van der Waals surface area contributed by atoms with Crippen LogP contribution in [0, 0.1) is 0 Å². The van der Waals surface area contributed by atoms with Crippen LogP contribution in [0.15, 0.2) is 156 Å². The average molecular weight is 576 g/mol. The molecule has 0 bridgehead atoms. The summed E-state index contributed by atoms with van der Waals surface area (Å²) in [7, 11) is 0. The van der Waals surface area contributed by atoms with Gasteiger partial charge in [0.15, 0.2) is 17.5 Å². The second-order valence-corrected chi connectivity index (χ2v) is 11.2. The zero-order chi connectivity index (χ0) is 29.7. The molecule has 4 nitrogen and oxygen atoms in total.